The lowest BCUT2D eigenvalue weighted by Gasteiger charge is -2.30. The van der Waals surface area contributed by atoms with E-state index in [2.05, 4.69) is 27.5 Å². The minimum atomic E-state index is -0.278. The van der Waals surface area contributed by atoms with E-state index in [1.807, 2.05) is 0 Å². The molecule has 1 fully saturated rings. The minimum absolute atomic E-state index is 0. The zero-order valence-electron chi connectivity index (χ0n) is 12.4. The molecule has 1 aromatic heterocycles. The van der Waals surface area contributed by atoms with Crippen molar-refractivity contribution in [3.05, 3.63) is 11.9 Å². The van der Waals surface area contributed by atoms with Crippen LogP contribution < -0.4 is 20.1 Å². The maximum Gasteiger partial charge on any atom is 0.262 e. The highest BCUT2D eigenvalue weighted by molar-refractivity contribution is 5.98. The highest BCUT2D eigenvalue weighted by Gasteiger charge is 2.27. The zero-order valence-corrected chi connectivity index (χ0v) is 13.2. The third-order valence-electron chi connectivity index (χ3n) is 3.47. The van der Waals surface area contributed by atoms with E-state index in [0.29, 0.717) is 0 Å². The number of piperidine rings is 1. The SMILES string of the molecule is COc1ncnc(OC)c1C(=O)NC1CCCNC1C.Cl. The lowest BCUT2D eigenvalue weighted by atomic mass is 9.99. The highest BCUT2D eigenvalue weighted by atomic mass is 35.5. The number of nitrogens with one attached hydrogen (secondary N) is 2. The number of rotatable bonds is 4. The normalized spacial score (nSPS) is 21.1. The molecule has 1 aliphatic heterocycles. The average molecular weight is 317 g/mol. The predicted octanol–water partition coefficient (Wildman–Crippen LogP) is 0.786. The monoisotopic (exact) mass is 316 g/mol. The smallest absolute Gasteiger partial charge is 0.262 e. The van der Waals surface area contributed by atoms with Gasteiger partial charge in [0.2, 0.25) is 11.8 Å². The maximum absolute atomic E-state index is 12.4. The van der Waals surface area contributed by atoms with Crippen LogP contribution in [0.2, 0.25) is 0 Å². The summed E-state index contributed by atoms with van der Waals surface area (Å²) in [4.78, 5) is 20.3. The lowest BCUT2D eigenvalue weighted by Crippen LogP contribution is -2.52. The standard InChI is InChI=1S/C13H20N4O3.ClH/c1-8-9(5-4-6-14-8)17-11(18)10-12(19-2)15-7-16-13(10)20-3;/h7-9,14H,4-6H2,1-3H3,(H,17,18);1H. The number of ether oxygens (including phenoxy) is 2. The van der Waals surface area contributed by atoms with Gasteiger partial charge in [0.1, 0.15) is 6.33 Å². The summed E-state index contributed by atoms with van der Waals surface area (Å²) in [6.45, 7) is 3.04. The summed E-state index contributed by atoms with van der Waals surface area (Å²) >= 11 is 0. The molecule has 0 bridgehead atoms. The fourth-order valence-corrected chi connectivity index (χ4v) is 2.34. The largest absolute Gasteiger partial charge is 0.480 e. The molecule has 1 aromatic rings. The Morgan fingerprint density at radius 2 is 1.95 bits per heavy atom. The Morgan fingerprint density at radius 3 is 2.48 bits per heavy atom. The van der Waals surface area contributed by atoms with Crippen LogP contribution >= 0.6 is 12.4 Å². The molecular formula is C13H21ClN4O3. The van der Waals surface area contributed by atoms with Gasteiger partial charge in [-0.3, -0.25) is 4.79 Å². The van der Waals surface area contributed by atoms with Crippen LogP contribution in [0.3, 0.4) is 0 Å². The molecule has 0 aromatic carbocycles. The Bertz CT molecular complexity index is 464. The third-order valence-corrected chi connectivity index (χ3v) is 3.47. The number of nitrogens with zero attached hydrogens (tertiary/aromatic N) is 2. The quantitative estimate of drug-likeness (QED) is 0.854. The molecule has 2 rings (SSSR count). The second-order valence-corrected chi connectivity index (χ2v) is 4.73. The Kier molecular flexibility index (Phi) is 6.64. The van der Waals surface area contributed by atoms with E-state index in [9.17, 15) is 4.79 Å². The van der Waals surface area contributed by atoms with E-state index in [1.165, 1.54) is 20.5 Å². The second-order valence-electron chi connectivity index (χ2n) is 4.73. The van der Waals surface area contributed by atoms with Crippen LogP contribution in [0.25, 0.3) is 0 Å². The molecule has 1 aliphatic rings. The van der Waals surface area contributed by atoms with Gasteiger partial charge in [0.15, 0.2) is 5.56 Å². The van der Waals surface area contributed by atoms with E-state index >= 15 is 0 Å². The van der Waals surface area contributed by atoms with Crippen molar-refractivity contribution in [1.82, 2.24) is 20.6 Å². The van der Waals surface area contributed by atoms with Crippen molar-refractivity contribution in [2.24, 2.45) is 0 Å². The summed E-state index contributed by atoms with van der Waals surface area (Å²) in [6.07, 6.45) is 3.28. The fraction of sp³-hybridized carbons (Fsp3) is 0.615. The molecule has 0 radical (unpaired) electrons. The highest BCUT2D eigenvalue weighted by Crippen LogP contribution is 2.23. The van der Waals surface area contributed by atoms with E-state index in [1.54, 1.807) is 0 Å². The molecule has 0 spiro atoms. The molecule has 0 aliphatic carbocycles. The number of aromatic nitrogens is 2. The number of carbonyl (C=O) groups excluding carboxylic acids is 1. The van der Waals surface area contributed by atoms with Gasteiger partial charge >= 0.3 is 0 Å². The molecule has 21 heavy (non-hydrogen) atoms. The van der Waals surface area contributed by atoms with Gasteiger partial charge < -0.3 is 20.1 Å². The minimum Gasteiger partial charge on any atom is -0.480 e. The molecule has 8 heteroatoms. The van der Waals surface area contributed by atoms with E-state index < -0.39 is 0 Å². The van der Waals surface area contributed by atoms with Crippen molar-refractivity contribution in [2.75, 3.05) is 20.8 Å². The topological polar surface area (TPSA) is 85.4 Å². The molecule has 1 amide bonds. The van der Waals surface area contributed by atoms with Gasteiger partial charge in [-0.1, -0.05) is 0 Å². The maximum atomic E-state index is 12.4. The van der Waals surface area contributed by atoms with E-state index in [0.717, 1.165) is 19.4 Å². The molecule has 118 valence electrons. The van der Waals surface area contributed by atoms with Crippen LogP contribution in [-0.2, 0) is 0 Å². The van der Waals surface area contributed by atoms with Crippen LogP contribution in [0.15, 0.2) is 6.33 Å². The lowest BCUT2D eigenvalue weighted by molar-refractivity contribution is 0.0911. The number of amides is 1. The Morgan fingerprint density at radius 1 is 1.33 bits per heavy atom. The van der Waals surface area contributed by atoms with Gasteiger partial charge in [-0.15, -0.1) is 12.4 Å². The van der Waals surface area contributed by atoms with Gasteiger partial charge in [-0.25, -0.2) is 9.97 Å². The van der Waals surface area contributed by atoms with Crippen molar-refractivity contribution >= 4 is 18.3 Å². The Labute approximate surface area is 130 Å². The number of hydrogen-bond donors (Lipinski definition) is 2. The van der Waals surface area contributed by atoms with Gasteiger partial charge in [0, 0.05) is 12.1 Å². The zero-order chi connectivity index (χ0) is 14.5. The molecule has 7 nitrogen and oxygen atoms in total. The van der Waals surface area contributed by atoms with Crippen molar-refractivity contribution in [3.63, 3.8) is 0 Å². The fourth-order valence-electron chi connectivity index (χ4n) is 2.34. The van der Waals surface area contributed by atoms with Crippen molar-refractivity contribution in [2.45, 2.75) is 31.8 Å². The van der Waals surface area contributed by atoms with Crippen molar-refractivity contribution < 1.29 is 14.3 Å². The molecule has 2 N–H and O–H groups in total. The predicted molar refractivity (Wildman–Crippen MR) is 80.3 cm³/mol. The molecule has 1 saturated heterocycles. The van der Waals surface area contributed by atoms with Crippen LogP contribution in [0, 0.1) is 0 Å². The first-order valence-corrected chi connectivity index (χ1v) is 6.64. The first kappa shape index (κ1) is 17.5. The Hall–Kier alpha value is -1.60. The van der Waals surface area contributed by atoms with Gasteiger partial charge in [-0.05, 0) is 26.3 Å². The number of hydrogen-bond acceptors (Lipinski definition) is 6. The van der Waals surface area contributed by atoms with Gasteiger partial charge in [0.25, 0.3) is 5.91 Å². The number of methoxy groups -OCH3 is 2. The summed E-state index contributed by atoms with van der Waals surface area (Å²) in [5.41, 5.74) is 0.232. The summed E-state index contributed by atoms with van der Waals surface area (Å²) in [5.74, 6) is 0.149. The number of carbonyl (C=O) groups is 1. The van der Waals surface area contributed by atoms with E-state index in [-0.39, 0.29) is 47.7 Å². The summed E-state index contributed by atoms with van der Waals surface area (Å²) in [5, 5.41) is 6.33. The second kappa shape index (κ2) is 7.99. The first-order valence-electron chi connectivity index (χ1n) is 6.64. The average Bonchev–Trinajstić information content (AvgIpc) is 2.48. The van der Waals surface area contributed by atoms with E-state index in [4.69, 9.17) is 9.47 Å². The summed E-state index contributed by atoms with van der Waals surface area (Å²) in [7, 11) is 2.92. The summed E-state index contributed by atoms with van der Waals surface area (Å²) < 4.78 is 10.2. The molecular weight excluding hydrogens is 296 g/mol. The molecule has 0 saturated carbocycles. The molecule has 2 atom stereocenters. The molecule has 2 unspecified atom stereocenters. The van der Waals surface area contributed by atoms with Crippen LogP contribution in [0.5, 0.6) is 11.8 Å². The van der Waals surface area contributed by atoms with Crippen molar-refractivity contribution in [1.29, 1.82) is 0 Å². The van der Waals surface area contributed by atoms with Gasteiger partial charge in [0.05, 0.1) is 14.2 Å². The van der Waals surface area contributed by atoms with Crippen LogP contribution in [0.4, 0.5) is 0 Å². The Balaban J connectivity index is 0.00000220. The first-order chi connectivity index (χ1) is 9.67. The number of halogens is 1. The van der Waals surface area contributed by atoms with Crippen LogP contribution in [0.1, 0.15) is 30.1 Å². The molecule has 2 heterocycles. The van der Waals surface area contributed by atoms with Gasteiger partial charge in [-0.2, -0.15) is 0 Å². The van der Waals surface area contributed by atoms with Crippen molar-refractivity contribution in [3.8, 4) is 11.8 Å². The third kappa shape index (κ3) is 3.95. The summed E-state index contributed by atoms with van der Waals surface area (Å²) in [6, 6.07) is 0.306. The van der Waals surface area contributed by atoms with Crippen LogP contribution in [-0.4, -0.2) is 48.7 Å².